The van der Waals surface area contributed by atoms with Gasteiger partial charge in [0.05, 0.1) is 17.1 Å². The number of hydrogen-bond acceptors (Lipinski definition) is 4. The minimum Gasteiger partial charge on any atom is -0.468 e. The number of carbonyl (C=O) groups is 1. The highest BCUT2D eigenvalue weighted by atomic mass is 32.2. The zero-order valence-electron chi connectivity index (χ0n) is 13.4. The van der Waals surface area contributed by atoms with Gasteiger partial charge in [0.25, 0.3) is 0 Å². The van der Waals surface area contributed by atoms with Crippen LogP contribution in [0, 0.1) is 0 Å². The largest absolute Gasteiger partial charge is 0.468 e. The summed E-state index contributed by atoms with van der Waals surface area (Å²) in [6, 6.07) is 12.5. The van der Waals surface area contributed by atoms with Gasteiger partial charge in [-0.05, 0) is 18.6 Å². The summed E-state index contributed by atoms with van der Waals surface area (Å²) in [5.41, 5.74) is 1.52. The van der Waals surface area contributed by atoms with Gasteiger partial charge in [0.2, 0.25) is 11.8 Å². The van der Waals surface area contributed by atoms with Crippen LogP contribution in [0.1, 0.15) is 12.5 Å². The zero-order valence-corrected chi connectivity index (χ0v) is 14.2. The first kappa shape index (κ1) is 19.1. The van der Waals surface area contributed by atoms with Crippen molar-refractivity contribution in [2.45, 2.75) is 24.1 Å². The fraction of sp³-hybridized carbons (Fsp3) is 0.294. The van der Waals surface area contributed by atoms with Crippen molar-refractivity contribution in [3.05, 3.63) is 54.2 Å². The molecule has 25 heavy (non-hydrogen) atoms. The van der Waals surface area contributed by atoms with E-state index in [1.807, 2.05) is 30.3 Å². The molecule has 1 aromatic heterocycles. The summed E-state index contributed by atoms with van der Waals surface area (Å²) in [5, 5.41) is 2.39. The van der Waals surface area contributed by atoms with E-state index in [-0.39, 0.29) is 17.0 Å². The molecule has 0 saturated heterocycles. The molecule has 134 valence electrons. The van der Waals surface area contributed by atoms with E-state index in [9.17, 15) is 18.0 Å². The standard InChI is InChI=1S/C17H17F3N2O2S/c1-12(25-10-13-5-3-2-4-6-13)16(23)22-14-7-8-15(21-9-14)24-11-17(18,19)20/h2-9,12H,10-11H2,1H3,(H,22,23). The van der Waals surface area contributed by atoms with Crippen LogP contribution in [0.4, 0.5) is 18.9 Å². The first-order chi connectivity index (χ1) is 11.8. The van der Waals surface area contributed by atoms with Crippen LogP contribution in [0.3, 0.4) is 0 Å². The Morgan fingerprint density at radius 1 is 1.24 bits per heavy atom. The molecule has 4 nitrogen and oxygen atoms in total. The van der Waals surface area contributed by atoms with Crippen molar-refractivity contribution in [1.82, 2.24) is 4.98 Å². The Balaban J connectivity index is 1.81. The molecule has 1 atom stereocenters. The molecule has 0 spiro atoms. The first-order valence-electron chi connectivity index (χ1n) is 7.45. The Morgan fingerprint density at radius 3 is 2.56 bits per heavy atom. The number of benzene rings is 1. The van der Waals surface area contributed by atoms with E-state index in [2.05, 4.69) is 15.0 Å². The maximum absolute atomic E-state index is 12.1. The monoisotopic (exact) mass is 370 g/mol. The summed E-state index contributed by atoms with van der Waals surface area (Å²) < 4.78 is 40.7. The fourth-order valence-electron chi connectivity index (χ4n) is 1.81. The highest BCUT2D eigenvalue weighted by Gasteiger charge is 2.28. The maximum Gasteiger partial charge on any atom is 0.422 e. The molecule has 1 unspecified atom stereocenters. The van der Waals surface area contributed by atoms with E-state index in [0.29, 0.717) is 11.4 Å². The third-order valence-corrected chi connectivity index (χ3v) is 4.31. The van der Waals surface area contributed by atoms with Crippen LogP contribution in [0.5, 0.6) is 5.88 Å². The van der Waals surface area contributed by atoms with Gasteiger partial charge in [-0.2, -0.15) is 13.2 Å². The number of pyridine rings is 1. The Hall–Kier alpha value is -2.22. The third kappa shape index (κ3) is 7.04. The van der Waals surface area contributed by atoms with Crippen LogP contribution in [0.15, 0.2) is 48.7 Å². The lowest BCUT2D eigenvalue weighted by molar-refractivity contribution is -0.154. The average Bonchev–Trinajstić information content (AvgIpc) is 2.59. The van der Waals surface area contributed by atoms with Gasteiger partial charge in [-0.25, -0.2) is 4.98 Å². The maximum atomic E-state index is 12.1. The average molecular weight is 370 g/mol. The lowest BCUT2D eigenvalue weighted by atomic mass is 10.2. The van der Waals surface area contributed by atoms with E-state index < -0.39 is 12.8 Å². The number of amides is 1. The number of anilines is 1. The minimum atomic E-state index is -4.42. The number of halogens is 3. The molecular weight excluding hydrogens is 353 g/mol. The number of nitrogens with one attached hydrogen (secondary N) is 1. The number of thioether (sulfide) groups is 1. The quantitative estimate of drug-likeness (QED) is 0.790. The number of nitrogens with zero attached hydrogens (tertiary/aromatic N) is 1. The lowest BCUT2D eigenvalue weighted by Gasteiger charge is -2.12. The van der Waals surface area contributed by atoms with Gasteiger partial charge in [0, 0.05) is 11.8 Å². The van der Waals surface area contributed by atoms with Gasteiger partial charge in [-0.1, -0.05) is 30.3 Å². The van der Waals surface area contributed by atoms with Crippen molar-refractivity contribution in [2.75, 3.05) is 11.9 Å². The van der Waals surface area contributed by atoms with E-state index in [0.717, 1.165) is 5.56 Å². The van der Waals surface area contributed by atoms with Gasteiger partial charge in [-0.15, -0.1) is 11.8 Å². The highest BCUT2D eigenvalue weighted by Crippen LogP contribution is 2.20. The molecule has 0 aliphatic rings. The minimum absolute atomic E-state index is 0.151. The molecule has 0 saturated carbocycles. The Labute approximate surface area is 147 Å². The molecule has 1 heterocycles. The molecule has 8 heteroatoms. The van der Waals surface area contributed by atoms with Crippen molar-refractivity contribution in [1.29, 1.82) is 0 Å². The van der Waals surface area contributed by atoms with Gasteiger partial charge >= 0.3 is 6.18 Å². The van der Waals surface area contributed by atoms with Gasteiger partial charge in [-0.3, -0.25) is 4.79 Å². The zero-order chi connectivity index (χ0) is 18.3. The van der Waals surface area contributed by atoms with Crippen LogP contribution < -0.4 is 10.1 Å². The Kier molecular flexibility index (Phi) is 6.69. The molecule has 0 radical (unpaired) electrons. The van der Waals surface area contributed by atoms with Crippen LogP contribution in [-0.2, 0) is 10.5 Å². The SMILES string of the molecule is CC(SCc1ccccc1)C(=O)Nc1ccc(OCC(F)(F)F)nc1. The molecule has 1 aromatic carbocycles. The second-order valence-electron chi connectivity index (χ2n) is 5.22. The molecule has 0 fully saturated rings. The van der Waals surface area contributed by atoms with Crippen LogP contribution in [0.25, 0.3) is 0 Å². The molecule has 2 aromatic rings. The lowest BCUT2D eigenvalue weighted by Crippen LogP contribution is -2.22. The molecular formula is C17H17F3N2O2S. The van der Waals surface area contributed by atoms with E-state index >= 15 is 0 Å². The van der Waals surface area contributed by atoms with Gasteiger partial charge in [0.1, 0.15) is 0 Å². The number of aromatic nitrogens is 1. The first-order valence-corrected chi connectivity index (χ1v) is 8.50. The van der Waals surface area contributed by atoms with Gasteiger partial charge < -0.3 is 10.1 Å². The van der Waals surface area contributed by atoms with Crippen LogP contribution >= 0.6 is 11.8 Å². The Bertz CT molecular complexity index is 679. The predicted molar refractivity (Wildman–Crippen MR) is 91.6 cm³/mol. The molecule has 1 amide bonds. The molecule has 0 aliphatic carbocycles. The summed E-state index contributed by atoms with van der Waals surface area (Å²) in [4.78, 5) is 15.9. The molecule has 1 N–H and O–H groups in total. The number of alkyl halides is 3. The number of hydrogen-bond donors (Lipinski definition) is 1. The van der Waals surface area contributed by atoms with Crippen molar-refractivity contribution in [3.63, 3.8) is 0 Å². The molecule has 0 aliphatic heterocycles. The molecule has 2 rings (SSSR count). The predicted octanol–water partition coefficient (Wildman–Crippen LogP) is 4.28. The normalized spacial score (nSPS) is 12.5. The van der Waals surface area contributed by atoms with Crippen LogP contribution in [0.2, 0.25) is 0 Å². The summed E-state index contributed by atoms with van der Waals surface area (Å²) >= 11 is 1.49. The van der Waals surface area contributed by atoms with E-state index in [1.165, 1.54) is 30.1 Å². The summed E-state index contributed by atoms with van der Waals surface area (Å²) in [7, 11) is 0. The number of carbonyl (C=O) groups excluding carboxylic acids is 1. The van der Waals surface area contributed by atoms with E-state index in [1.54, 1.807) is 6.92 Å². The van der Waals surface area contributed by atoms with Crippen molar-refractivity contribution < 1.29 is 22.7 Å². The van der Waals surface area contributed by atoms with Crippen molar-refractivity contribution in [2.24, 2.45) is 0 Å². The van der Waals surface area contributed by atoms with E-state index in [4.69, 9.17) is 0 Å². The molecule has 0 bridgehead atoms. The third-order valence-electron chi connectivity index (χ3n) is 3.10. The van der Waals surface area contributed by atoms with Crippen molar-refractivity contribution in [3.8, 4) is 5.88 Å². The van der Waals surface area contributed by atoms with Crippen molar-refractivity contribution >= 4 is 23.4 Å². The highest BCUT2D eigenvalue weighted by molar-refractivity contribution is 7.99. The summed E-state index contributed by atoms with van der Waals surface area (Å²) in [5.74, 6) is 0.353. The van der Waals surface area contributed by atoms with Crippen LogP contribution in [-0.4, -0.2) is 28.9 Å². The topological polar surface area (TPSA) is 51.2 Å². The summed E-state index contributed by atoms with van der Waals surface area (Å²) in [6.07, 6.45) is -3.15. The Morgan fingerprint density at radius 2 is 1.96 bits per heavy atom. The summed E-state index contributed by atoms with van der Waals surface area (Å²) in [6.45, 7) is 0.385. The number of ether oxygens (including phenoxy) is 1. The fourth-order valence-corrected chi connectivity index (χ4v) is 2.66. The second kappa shape index (κ2) is 8.75. The second-order valence-corrected chi connectivity index (χ2v) is 6.55. The number of rotatable bonds is 7. The smallest absolute Gasteiger partial charge is 0.422 e. The van der Waals surface area contributed by atoms with Gasteiger partial charge in [0.15, 0.2) is 6.61 Å².